The van der Waals surface area contributed by atoms with Gasteiger partial charge in [0, 0.05) is 0 Å². The average molecular weight is 169 g/mol. The SMILES string of the molecule is BC(B)(B)C(B)(C(C)C)C(B)(B)B. The molecule has 7 heteroatoms. The molecule has 0 aliphatic heterocycles. The van der Waals surface area contributed by atoms with Gasteiger partial charge in [0.1, 0.15) is 7.85 Å². The first-order valence-electron chi connectivity index (χ1n) is 5.44. The summed E-state index contributed by atoms with van der Waals surface area (Å²) in [6, 6.07) is 0. The van der Waals surface area contributed by atoms with Gasteiger partial charge < -0.3 is 0 Å². The molecule has 0 bridgehead atoms. The predicted molar refractivity (Wildman–Crippen MR) is 82.7 cm³/mol. The molecule has 0 radical (unpaired) electrons. The fourth-order valence-electron chi connectivity index (χ4n) is 2.86. The van der Waals surface area contributed by atoms with Gasteiger partial charge in [0.2, 0.25) is 0 Å². The maximum Gasteiger partial charge on any atom is 0.105 e. The molecule has 0 saturated carbocycles. The zero-order valence-electron chi connectivity index (χ0n) is 11.1. The Labute approximate surface area is 90.6 Å². The number of rotatable bonds is 3. The summed E-state index contributed by atoms with van der Waals surface area (Å²) >= 11 is 0. The van der Waals surface area contributed by atoms with Crippen LogP contribution >= 0.6 is 0 Å². The van der Waals surface area contributed by atoms with Gasteiger partial charge >= 0.3 is 0 Å². The van der Waals surface area contributed by atoms with Gasteiger partial charge in [0.05, 0.1) is 47.1 Å². The van der Waals surface area contributed by atoms with E-state index < -0.39 is 0 Å². The molecule has 0 aliphatic rings. The van der Waals surface area contributed by atoms with E-state index in [4.69, 9.17) is 0 Å². The number of hydrogen-bond donors (Lipinski definition) is 0. The second-order valence-electron chi connectivity index (χ2n) is 6.86. The highest BCUT2D eigenvalue weighted by Crippen LogP contribution is 2.59. The first-order valence-corrected chi connectivity index (χ1v) is 5.44. The van der Waals surface area contributed by atoms with Crippen molar-refractivity contribution < 1.29 is 0 Å². The van der Waals surface area contributed by atoms with E-state index in [0.29, 0.717) is 21.5 Å². The molecular formula is C6H21B7. The summed E-state index contributed by atoms with van der Waals surface area (Å²) in [5.41, 5.74) is 0. The largest absolute Gasteiger partial charge is 0.114 e. The Hall–Kier alpha value is 0.455. The zero-order chi connectivity index (χ0) is 11.1. The third kappa shape index (κ3) is 2.28. The first-order chi connectivity index (χ1) is 5.44. The van der Waals surface area contributed by atoms with Gasteiger partial charge in [-0.25, -0.2) is 0 Å². The predicted octanol–water partition coefficient (Wildman–Crippen LogP) is -4.62. The van der Waals surface area contributed by atoms with Crippen molar-refractivity contribution in [1.29, 1.82) is 0 Å². The van der Waals surface area contributed by atoms with Crippen LogP contribution in [0.2, 0.25) is 15.5 Å². The van der Waals surface area contributed by atoms with Crippen LogP contribution in [0, 0.1) is 5.92 Å². The van der Waals surface area contributed by atoms with Gasteiger partial charge in [-0.3, -0.25) is 0 Å². The summed E-state index contributed by atoms with van der Waals surface area (Å²) in [4.78, 5) is 0. The van der Waals surface area contributed by atoms with E-state index in [0.717, 1.165) is 0 Å². The van der Waals surface area contributed by atoms with Gasteiger partial charge in [-0.2, -0.15) is 0 Å². The van der Waals surface area contributed by atoms with Crippen molar-refractivity contribution in [2.75, 3.05) is 0 Å². The van der Waals surface area contributed by atoms with E-state index in [9.17, 15) is 0 Å². The van der Waals surface area contributed by atoms with Gasteiger partial charge in [-0.1, -0.05) is 25.1 Å². The highest BCUT2D eigenvalue weighted by molar-refractivity contribution is 6.69. The molecule has 0 aliphatic carbocycles. The molecule has 0 aromatic carbocycles. The Morgan fingerprint density at radius 2 is 0.923 bits per heavy atom. The maximum atomic E-state index is 2.43. The molecule has 0 heterocycles. The zero-order valence-corrected chi connectivity index (χ0v) is 11.1. The first kappa shape index (κ1) is 13.5. The van der Waals surface area contributed by atoms with Crippen molar-refractivity contribution in [1.82, 2.24) is 0 Å². The number of hydrogen-bond acceptors (Lipinski definition) is 0. The Morgan fingerprint density at radius 3 is 0.923 bits per heavy atom. The second-order valence-corrected chi connectivity index (χ2v) is 6.86. The quantitative estimate of drug-likeness (QED) is 0.373. The van der Waals surface area contributed by atoms with Crippen molar-refractivity contribution in [2.45, 2.75) is 29.4 Å². The van der Waals surface area contributed by atoms with Crippen LogP contribution < -0.4 is 0 Å². The summed E-state index contributed by atoms with van der Waals surface area (Å²) in [5.74, 6) is 0.715. The van der Waals surface area contributed by atoms with E-state index >= 15 is 0 Å². The van der Waals surface area contributed by atoms with Gasteiger partial charge in [0.25, 0.3) is 0 Å². The van der Waals surface area contributed by atoms with Crippen LogP contribution in [-0.2, 0) is 0 Å². The molecule has 0 saturated heterocycles. The standard InChI is InChI=1S/C6H21B7/c1-3(2)4(7,5(8,9)10)6(11,12)13/h3H,7-13H2,1-2H3. The average Bonchev–Trinajstić information content (AvgIpc) is 1.80. The van der Waals surface area contributed by atoms with Gasteiger partial charge in [-0.05, 0) is 0 Å². The molecule has 0 unspecified atom stereocenters. The molecule has 66 valence electrons. The van der Waals surface area contributed by atoms with Crippen LogP contribution in [0.3, 0.4) is 0 Å². The monoisotopic (exact) mass is 170 g/mol. The summed E-state index contributed by atoms with van der Waals surface area (Å²) in [5, 5.41) is 1.10. The molecule has 0 N–H and O–H groups in total. The summed E-state index contributed by atoms with van der Waals surface area (Å²) in [7, 11) is 16.6. The minimum Gasteiger partial charge on any atom is -0.114 e. The van der Waals surface area contributed by atoms with Gasteiger partial charge in [0.15, 0.2) is 0 Å². The maximum absolute atomic E-state index is 2.43. The highest BCUT2D eigenvalue weighted by Gasteiger charge is 2.46. The van der Waals surface area contributed by atoms with Crippen LogP contribution in [0.1, 0.15) is 13.8 Å². The normalized spacial score (nSPS) is 14.7. The fourth-order valence-corrected chi connectivity index (χ4v) is 2.86. The minimum atomic E-state index is 0.361. The minimum absolute atomic E-state index is 0.361. The van der Waals surface area contributed by atoms with E-state index in [1.54, 1.807) is 0 Å². The summed E-state index contributed by atoms with van der Waals surface area (Å²) in [6.07, 6.45) is 0. The van der Waals surface area contributed by atoms with Crippen LogP contribution in [-0.4, -0.2) is 54.9 Å². The summed E-state index contributed by atoms with van der Waals surface area (Å²) in [6.45, 7) is 4.69. The lowest BCUT2D eigenvalue weighted by Gasteiger charge is -2.56. The van der Waals surface area contributed by atoms with E-state index in [1.165, 1.54) is 0 Å². The molecule has 0 atom stereocenters. The van der Waals surface area contributed by atoms with Crippen LogP contribution in [0.4, 0.5) is 0 Å². The second kappa shape index (κ2) is 3.55. The Morgan fingerprint density at radius 1 is 0.692 bits per heavy atom. The van der Waals surface area contributed by atoms with Crippen molar-refractivity contribution in [2.24, 2.45) is 5.92 Å². The van der Waals surface area contributed by atoms with E-state index in [-0.39, 0.29) is 0 Å². The molecule has 0 rings (SSSR count). The topological polar surface area (TPSA) is 0 Å². The van der Waals surface area contributed by atoms with Crippen molar-refractivity contribution >= 4 is 54.9 Å². The molecule has 0 aromatic heterocycles. The van der Waals surface area contributed by atoms with Crippen molar-refractivity contribution in [3.8, 4) is 0 Å². The third-order valence-corrected chi connectivity index (χ3v) is 4.27. The lowest BCUT2D eigenvalue weighted by atomic mass is 9.13. The lowest BCUT2D eigenvalue weighted by Crippen LogP contribution is -2.46. The fraction of sp³-hybridized carbons (Fsp3) is 1.00. The van der Waals surface area contributed by atoms with E-state index in [1.807, 2.05) is 0 Å². The Kier molecular flexibility index (Phi) is 3.67. The molecule has 0 nitrogen and oxygen atoms in total. The molecular weight excluding hydrogens is 148 g/mol. The molecule has 0 spiro atoms. The van der Waals surface area contributed by atoms with Gasteiger partial charge in [-0.15, -0.1) is 10.2 Å². The molecule has 0 fully saturated rings. The molecule has 0 amide bonds. The molecule has 0 aromatic rings. The Bertz CT molecular complexity index is 160. The highest BCUT2D eigenvalue weighted by atomic mass is 14.3. The molecule has 13 heavy (non-hydrogen) atoms. The lowest BCUT2D eigenvalue weighted by molar-refractivity contribution is 0.410. The van der Waals surface area contributed by atoms with Crippen LogP contribution in [0.5, 0.6) is 0 Å². The van der Waals surface area contributed by atoms with Crippen LogP contribution in [0.25, 0.3) is 0 Å². The summed E-state index contributed by atoms with van der Waals surface area (Å²) < 4.78 is 0. The van der Waals surface area contributed by atoms with Crippen molar-refractivity contribution in [3.63, 3.8) is 0 Å². The van der Waals surface area contributed by atoms with Crippen molar-refractivity contribution in [3.05, 3.63) is 0 Å². The van der Waals surface area contributed by atoms with E-state index in [2.05, 4.69) is 68.8 Å². The Balaban J connectivity index is 5.22. The van der Waals surface area contributed by atoms with Crippen LogP contribution in [0.15, 0.2) is 0 Å². The third-order valence-electron chi connectivity index (χ3n) is 4.27. The smallest absolute Gasteiger partial charge is 0.105 e.